The maximum Gasteiger partial charge on any atom is 0.275 e. The van der Waals surface area contributed by atoms with Crippen LogP contribution in [0.4, 0.5) is 5.69 Å². The number of fused-ring (bicyclic) bond motifs is 1. The lowest BCUT2D eigenvalue weighted by Gasteiger charge is -2.19. The molecule has 110 valence electrons. The van der Waals surface area contributed by atoms with Crippen LogP contribution in [-0.4, -0.2) is 22.0 Å². The molecular formula is C16H20N4O. The van der Waals surface area contributed by atoms with E-state index in [0.29, 0.717) is 18.8 Å². The van der Waals surface area contributed by atoms with Crippen LogP contribution in [-0.2, 0) is 19.4 Å². The van der Waals surface area contributed by atoms with Crippen LogP contribution >= 0.6 is 0 Å². The second kappa shape index (κ2) is 6.10. The van der Waals surface area contributed by atoms with Crippen molar-refractivity contribution in [3.05, 3.63) is 47.5 Å². The van der Waals surface area contributed by atoms with Crippen molar-refractivity contribution in [3.8, 4) is 0 Å². The number of benzene rings is 1. The molecule has 5 heteroatoms. The molecule has 3 N–H and O–H groups in total. The first-order chi connectivity index (χ1) is 10.3. The van der Waals surface area contributed by atoms with E-state index in [4.69, 9.17) is 5.73 Å². The lowest BCUT2D eigenvalue weighted by Crippen LogP contribution is -2.16. The topological polar surface area (TPSA) is 72.9 Å². The van der Waals surface area contributed by atoms with Crippen LogP contribution in [0.1, 0.15) is 34.5 Å². The number of amides is 1. The third-order valence-electron chi connectivity index (χ3n) is 3.90. The van der Waals surface area contributed by atoms with Crippen molar-refractivity contribution in [2.24, 2.45) is 5.73 Å². The molecule has 5 nitrogen and oxygen atoms in total. The van der Waals surface area contributed by atoms with Gasteiger partial charge in [-0.2, -0.15) is 0 Å². The molecule has 3 rings (SSSR count). The van der Waals surface area contributed by atoms with Crippen molar-refractivity contribution in [1.82, 2.24) is 9.55 Å². The Morgan fingerprint density at radius 1 is 1.33 bits per heavy atom. The predicted molar refractivity (Wildman–Crippen MR) is 82.3 cm³/mol. The number of hydrogen-bond acceptors (Lipinski definition) is 3. The first kappa shape index (κ1) is 13.8. The summed E-state index contributed by atoms with van der Waals surface area (Å²) in [5, 5.41) is 3.00. The summed E-state index contributed by atoms with van der Waals surface area (Å²) in [5.41, 5.74) is 9.48. The molecule has 0 fully saturated rings. The van der Waals surface area contributed by atoms with Crippen molar-refractivity contribution in [2.45, 2.75) is 32.2 Å². The Morgan fingerprint density at radius 3 is 3.05 bits per heavy atom. The van der Waals surface area contributed by atoms with E-state index in [9.17, 15) is 4.79 Å². The molecule has 0 spiro atoms. The van der Waals surface area contributed by atoms with E-state index in [1.54, 1.807) is 12.5 Å². The molecule has 1 amide bonds. The molecule has 0 atom stereocenters. The SMILES string of the molecule is NCCn1cnc(C(=O)Nc2cccc3c2CCCC3)c1. The summed E-state index contributed by atoms with van der Waals surface area (Å²) in [6, 6.07) is 6.13. The molecule has 0 saturated carbocycles. The highest BCUT2D eigenvalue weighted by molar-refractivity contribution is 6.03. The van der Waals surface area contributed by atoms with Crippen LogP contribution < -0.4 is 11.1 Å². The lowest BCUT2D eigenvalue weighted by atomic mass is 9.90. The summed E-state index contributed by atoms with van der Waals surface area (Å²) < 4.78 is 1.83. The summed E-state index contributed by atoms with van der Waals surface area (Å²) in [6.45, 7) is 1.20. The zero-order valence-electron chi connectivity index (χ0n) is 12.0. The predicted octanol–water partition coefficient (Wildman–Crippen LogP) is 1.97. The van der Waals surface area contributed by atoms with Gasteiger partial charge < -0.3 is 15.6 Å². The van der Waals surface area contributed by atoms with Crippen LogP contribution in [0.2, 0.25) is 0 Å². The Kier molecular flexibility index (Phi) is 4.01. The summed E-state index contributed by atoms with van der Waals surface area (Å²) in [6.07, 6.45) is 7.93. The van der Waals surface area contributed by atoms with Crippen LogP contribution in [0, 0.1) is 0 Å². The monoisotopic (exact) mass is 284 g/mol. The molecule has 1 aromatic carbocycles. The molecule has 0 bridgehead atoms. The summed E-state index contributed by atoms with van der Waals surface area (Å²) >= 11 is 0. The molecule has 0 aliphatic heterocycles. The van der Waals surface area contributed by atoms with Gasteiger partial charge in [0, 0.05) is 25.0 Å². The van der Waals surface area contributed by atoms with Crippen LogP contribution in [0.3, 0.4) is 0 Å². The zero-order chi connectivity index (χ0) is 14.7. The Hall–Kier alpha value is -2.14. The maximum absolute atomic E-state index is 12.3. The van der Waals surface area contributed by atoms with E-state index in [1.165, 1.54) is 24.0 Å². The van der Waals surface area contributed by atoms with E-state index in [0.717, 1.165) is 18.5 Å². The van der Waals surface area contributed by atoms with Crippen molar-refractivity contribution in [2.75, 3.05) is 11.9 Å². The summed E-state index contributed by atoms with van der Waals surface area (Å²) in [5.74, 6) is -0.162. The van der Waals surface area contributed by atoms with Gasteiger partial charge in [-0.3, -0.25) is 4.79 Å². The van der Waals surface area contributed by atoms with Gasteiger partial charge in [0.1, 0.15) is 5.69 Å². The minimum absolute atomic E-state index is 0.162. The number of aryl methyl sites for hydroxylation is 1. The van der Waals surface area contributed by atoms with Gasteiger partial charge in [-0.15, -0.1) is 0 Å². The van der Waals surface area contributed by atoms with Gasteiger partial charge in [0.2, 0.25) is 0 Å². The van der Waals surface area contributed by atoms with E-state index in [2.05, 4.69) is 16.4 Å². The van der Waals surface area contributed by atoms with E-state index in [1.807, 2.05) is 16.7 Å². The fraction of sp³-hybridized carbons (Fsp3) is 0.375. The van der Waals surface area contributed by atoms with Gasteiger partial charge >= 0.3 is 0 Å². The Bertz CT molecular complexity index is 647. The largest absolute Gasteiger partial charge is 0.335 e. The van der Waals surface area contributed by atoms with E-state index < -0.39 is 0 Å². The van der Waals surface area contributed by atoms with Gasteiger partial charge in [-0.25, -0.2) is 4.98 Å². The minimum atomic E-state index is -0.162. The highest BCUT2D eigenvalue weighted by atomic mass is 16.1. The number of aromatic nitrogens is 2. The van der Waals surface area contributed by atoms with Gasteiger partial charge in [-0.1, -0.05) is 12.1 Å². The molecule has 1 aromatic heterocycles. The van der Waals surface area contributed by atoms with Gasteiger partial charge in [0.25, 0.3) is 5.91 Å². The minimum Gasteiger partial charge on any atom is -0.335 e. The molecule has 1 aliphatic carbocycles. The third-order valence-corrected chi connectivity index (χ3v) is 3.90. The maximum atomic E-state index is 12.3. The van der Waals surface area contributed by atoms with Crippen molar-refractivity contribution in [1.29, 1.82) is 0 Å². The standard InChI is InChI=1S/C16H20N4O/c17-8-9-20-10-15(18-11-20)16(21)19-14-7-3-5-12-4-1-2-6-13(12)14/h3,5,7,10-11H,1-2,4,6,8-9,17H2,(H,19,21). The highest BCUT2D eigenvalue weighted by Crippen LogP contribution is 2.28. The average molecular weight is 284 g/mol. The second-order valence-corrected chi connectivity index (χ2v) is 5.39. The van der Waals surface area contributed by atoms with Gasteiger partial charge in [0.15, 0.2) is 0 Å². The fourth-order valence-electron chi connectivity index (χ4n) is 2.83. The molecule has 1 aliphatic rings. The first-order valence-electron chi connectivity index (χ1n) is 7.42. The summed E-state index contributed by atoms with van der Waals surface area (Å²) in [7, 11) is 0. The molecule has 0 radical (unpaired) electrons. The molecule has 2 aromatic rings. The van der Waals surface area contributed by atoms with Crippen LogP contribution in [0.15, 0.2) is 30.7 Å². The van der Waals surface area contributed by atoms with Crippen LogP contribution in [0.5, 0.6) is 0 Å². The number of nitrogens with one attached hydrogen (secondary N) is 1. The van der Waals surface area contributed by atoms with E-state index >= 15 is 0 Å². The second-order valence-electron chi connectivity index (χ2n) is 5.39. The summed E-state index contributed by atoms with van der Waals surface area (Å²) in [4.78, 5) is 16.4. The van der Waals surface area contributed by atoms with Gasteiger partial charge in [-0.05, 0) is 42.9 Å². The van der Waals surface area contributed by atoms with Crippen molar-refractivity contribution in [3.63, 3.8) is 0 Å². The molecule has 1 heterocycles. The number of rotatable bonds is 4. The number of nitrogens with two attached hydrogens (primary N) is 1. The number of carbonyl (C=O) groups is 1. The molecule has 0 saturated heterocycles. The number of anilines is 1. The Morgan fingerprint density at radius 2 is 2.19 bits per heavy atom. The molecular weight excluding hydrogens is 264 g/mol. The smallest absolute Gasteiger partial charge is 0.275 e. The normalized spacial score (nSPS) is 13.8. The van der Waals surface area contributed by atoms with Crippen molar-refractivity contribution >= 4 is 11.6 Å². The average Bonchev–Trinajstić information content (AvgIpc) is 2.97. The molecule has 21 heavy (non-hydrogen) atoms. The Balaban J connectivity index is 1.78. The number of imidazole rings is 1. The highest BCUT2D eigenvalue weighted by Gasteiger charge is 2.16. The number of nitrogens with zero attached hydrogens (tertiary/aromatic N) is 2. The quantitative estimate of drug-likeness (QED) is 0.901. The van der Waals surface area contributed by atoms with E-state index in [-0.39, 0.29) is 5.91 Å². The number of hydrogen-bond donors (Lipinski definition) is 2. The number of carbonyl (C=O) groups excluding carboxylic acids is 1. The fourth-order valence-corrected chi connectivity index (χ4v) is 2.83. The lowest BCUT2D eigenvalue weighted by molar-refractivity contribution is 0.102. The third kappa shape index (κ3) is 2.97. The van der Waals surface area contributed by atoms with Crippen LogP contribution in [0.25, 0.3) is 0 Å². The first-order valence-corrected chi connectivity index (χ1v) is 7.42. The zero-order valence-corrected chi connectivity index (χ0v) is 12.0. The Labute approximate surface area is 124 Å². The van der Waals surface area contributed by atoms with Gasteiger partial charge in [0.05, 0.1) is 6.33 Å². The molecule has 0 unspecified atom stereocenters. The van der Waals surface area contributed by atoms with Crippen molar-refractivity contribution < 1.29 is 4.79 Å².